The first-order valence-electron chi connectivity index (χ1n) is 11.1. The molecule has 0 aromatic heterocycles. The Balaban J connectivity index is 1.62. The van der Waals surface area contributed by atoms with Crippen molar-refractivity contribution in [1.82, 2.24) is 4.90 Å². The summed E-state index contributed by atoms with van der Waals surface area (Å²) in [5.41, 5.74) is 6.68. The number of nitrogens with zero attached hydrogens (tertiary/aromatic N) is 1. The van der Waals surface area contributed by atoms with E-state index >= 15 is 0 Å². The molecule has 0 N–H and O–H groups in total. The van der Waals surface area contributed by atoms with Gasteiger partial charge in [0.05, 0.1) is 0 Å². The summed E-state index contributed by atoms with van der Waals surface area (Å²) in [6.45, 7) is 5.25. The second-order valence-electron chi connectivity index (χ2n) is 7.98. The Morgan fingerprint density at radius 3 is 2.00 bits per heavy atom. The van der Waals surface area contributed by atoms with Crippen LogP contribution in [0.1, 0.15) is 42.9 Å². The van der Waals surface area contributed by atoms with Crippen LogP contribution in [0.15, 0.2) is 90.5 Å². The van der Waals surface area contributed by atoms with Gasteiger partial charge in [0, 0.05) is 13.1 Å². The van der Waals surface area contributed by atoms with Gasteiger partial charge in [0.15, 0.2) is 0 Å². The minimum Gasteiger partial charge on any atom is -0.478 e. The second kappa shape index (κ2) is 10.3. The first-order chi connectivity index (χ1) is 14.8. The van der Waals surface area contributed by atoms with Gasteiger partial charge in [-0.25, -0.2) is 0 Å². The van der Waals surface area contributed by atoms with E-state index in [4.69, 9.17) is 4.74 Å². The maximum Gasteiger partial charge on any atom is 0.142 e. The highest BCUT2D eigenvalue weighted by molar-refractivity contribution is 5.82. The SMILES string of the molecule is CC/C(Cc1ccccc1)=C(\c1ccccc1)c1ccc(OCN2CCCC2)cc1. The van der Waals surface area contributed by atoms with Gasteiger partial charge in [0.2, 0.25) is 0 Å². The zero-order valence-corrected chi connectivity index (χ0v) is 17.9. The number of benzene rings is 3. The number of ether oxygens (including phenoxy) is 1. The molecule has 154 valence electrons. The van der Waals surface area contributed by atoms with E-state index in [1.807, 2.05) is 0 Å². The molecule has 1 saturated heterocycles. The molecule has 0 saturated carbocycles. The summed E-state index contributed by atoms with van der Waals surface area (Å²) in [6.07, 6.45) is 4.56. The number of hydrogen-bond acceptors (Lipinski definition) is 2. The average molecular weight is 398 g/mol. The lowest BCUT2D eigenvalue weighted by Gasteiger charge is -2.18. The maximum absolute atomic E-state index is 6.02. The normalized spacial score (nSPS) is 15.1. The summed E-state index contributed by atoms with van der Waals surface area (Å²) < 4.78 is 6.02. The summed E-state index contributed by atoms with van der Waals surface area (Å²) in [5, 5.41) is 0. The Bertz CT molecular complexity index is 939. The monoisotopic (exact) mass is 397 g/mol. The highest BCUT2D eigenvalue weighted by atomic mass is 16.5. The Hall–Kier alpha value is -2.84. The lowest BCUT2D eigenvalue weighted by molar-refractivity contribution is 0.152. The van der Waals surface area contributed by atoms with Crippen molar-refractivity contribution in [2.45, 2.75) is 32.6 Å². The smallest absolute Gasteiger partial charge is 0.142 e. The topological polar surface area (TPSA) is 12.5 Å². The van der Waals surface area contributed by atoms with Crippen LogP contribution < -0.4 is 4.74 Å². The molecule has 0 unspecified atom stereocenters. The molecule has 0 amide bonds. The lowest BCUT2D eigenvalue weighted by atomic mass is 9.88. The van der Waals surface area contributed by atoms with Crippen LogP contribution in [0.2, 0.25) is 0 Å². The van der Waals surface area contributed by atoms with E-state index in [2.05, 4.69) is 96.8 Å². The van der Waals surface area contributed by atoms with E-state index in [1.54, 1.807) is 0 Å². The van der Waals surface area contributed by atoms with Crippen molar-refractivity contribution in [3.8, 4) is 5.75 Å². The lowest BCUT2D eigenvalue weighted by Crippen LogP contribution is -2.24. The van der Waals surface area contributed by atoms with E-state index < -0.39 is 0 Å². The predicted octanol–water partition coefficient (Wildman–Crippen LogP) is 6.57. The summed E-state index contributed by atoms with van der Waals surface area (Å²) in [6, 6.07) is 30.2. The number of hydrogen-bond donors (Lipinski definition) is 0. The molecular formula is C28H31NO. The van der Waals surface area contributed by atoms with Crippen LogP contribution in [-0.2, 0) is 6.42 Å². The highest BCUT2D eigenvalue weighted by Gasteiger charge is 2.13. The Kier molecular flexibility index (Phi) is 6.99. The molecule has 1 fully saturated rings. The molecule has 4 rings (SSSR count). The summed E-state index contributed by atoms with van der Waals surface area (Å²) in [7, 11) is 0. The molecule has 2 nitrogen and oxygen atoms in total. The van der Waals surface area contributed by atoms with Crippen molar-refractivity contribution in [2.24, 2.45) is 0 Å². The van der Waals surface area contributed by atoms with Crippen molar-refractivity contribution in [2.75, 3.05) is 19.8 Å². The second-order valence-corrected chi connectivity index (χ2v) is 7.98. The standard InChI is InChI=1S/C28H31NO/c1-2-24(21-23-11-5-3-6-12-23)28(25-13-7-4-8-14-25)26-15-17-27(18-16-26)30-22-29-19-9-10-20-29/h3-8,11-18H,2,9-10,19-22H2,1H3/b28-24-. The van der Waals surface area contributed by atoms with Crippen molar-refractivity contribution in [3.63, 3.8) is 0 Å². The molecule has 0 atom stereocenters. The van der Waals surface area contributed by atoms with Crippen LogP contribution in [0.5, 0.6) is 5.75 Å². The third kappa shape index (κ3) is 5.20. The van der Waals surface area contributed by atoms with Gasteiger partial charge in [-0.15, -0.1) is 0 Å². The van der Waals surface area contributed by atoms with E-state index in [0.29, 0.717) is 6.73 Å². The third-order valence-corrected chi connectivity index (χ3v) is 5.86. The molecule has 2 heteroatoms. The summed E-state index contributed by atoms with van der Waals surface area (Å²) >= 11 is 0. The number of allylic oxidation sites excluding steroid dienone is 1. The Labute approximate surface area is 180 Å². The first kappa shape index (κ1) is 20.4. The van der Waals surface area contributed by atoms with Crippen LogP contribution in [0, 0.1) is 0 Å². The summed E-state index contributed by atoms with van der Waals surface area (Å²) in [4.78, 5) is 2.37. The molecule has 1 aliphatic rings. The number of likely N-dealkylation sites (tertiary alicyclic amines) is 1. The van der Waals surface area contributed by atoms with E-state index in [1.165, 1.54) is 40.7 Å². The highest BCUT2D eigenvalue weighted by Crippen LogP contribution is 2.31. The largest absolute Gasteiger partial charge is 0.478 e. The van der Waals surface area contributed by atoms with Gasteiger partial charge in [-0.3, -0.25) is 4.90 Å². The first-order valence-corrected chi connectivity index (χ1v) is 11.1. The molecule has 0 spiro atoms. The van der Waals surface area contributed by atoms with Gasteiger partial charge in [-0.1, -0.05) is 85.3 Å². The van der Waals surface area contributed by atoms with Crippen molar-refractivity contribution in [1.29, 1.82) is 0 Å². The fourth-order valence-corrected chi connectivity index (χ4v) is 4.21. The predicted molar refractivity (Wildman–Crippen MR) is 126 cm³/mol. The van der Waals surface area contributed by atoms with Gasteiger partial charge in [-0.2, -0.15) is 0 Å². The van der Waals surface area contributed by atoms with Gasteiger partial charge in [-0.05, 0) is 60.1 Å². The summed E-state index contributed by atoms with van der Waals surface area (Å²) in [5.74, 6) is 0.944. The van der Waals surface area contributed by atoms with Crippen LogP contribution in [0.4, 0.5) is 0 Å². The zero-order chi connectivity index (χ0) is 20.6. The molecule has 3 aromatic carbocycles. The van der Waals surface area contributed by atoms with Crippen molar-refractivity contribution in [3.05, 3.63) is 107 Å². The minimum atomic E-state index is 0.689. The molecule has 30 heavy (non-hydrogen) atoms. The molecule has 0 radical (unpaired) electrons. The molecule has 3 aromatic rings. The molecule has 1 aliphatic heterocycles. The van der Waals surface area contributed by atoms with E-state index in [9.17, 15) is 0 Å². The molecular weight excluding hydrogens is 366 g/mol. The molecule has 1 heterocycles. The fourth-order valence-electron chi connectivity index (χ4n) is 4.21. The average Bonchev–Trinajstić information content (AvgIpc) is 3.33. The van der Waals surface area contributed by atoms with Gasteiger partial charge < -0.3 is 4.74 Å². The fraction of sp³-hybridized carbons (Fsp3) is 0.286. The molecule has 0 bridgehead atoms. The zero-order valence-electron chi connectivity index (χ0n) is 17.9. The molecule has 0 aliphatic carbocycles. The van der Waals surface area contributed by atoms with E-state index in [0.717, 1.165) is 31.7 Å². The van der Waals surface area contributed by atoms with Gasteiger partial charge in [0.1, 0.15) is 12.5 Å². The van der Waals surface area contributed by atoms with Crippen molar-refractivity contribution < 1.29 is 4.74 Å². The van der Waals surface area contributed by atoms with Crippen molar-refractivity contribution >= 4 is 5.57 Å². The third-order valence-electron chi connectivity index (χ3n) is 5.86. The van der Waals surface area contributed by atoms with Crippen LogP contribution in [0.25, 0.3) is 5.57 Å². The Morgan fingerprint density at radius 2 is 1.37 bits per heavy atom. The Morgan fingerprint density at radius 1 is 0.767 bits per heavy atom. The minimum absolute atomic E-state index is 0.689. The van der Waals surface area contributed by atoms with Crippen LogP contribution in [-0.4, -0.2) is 24.7 Å². The van der Waals surface area contributed by atoms with Gasteiger partial charge >= 0.3 is 0 Å². The number of rotatable bonds is 8. The van der Waals surface area contributed by atoms with Crippen LogP contribution in [0.3, 0.4) is 0 Å². The maximum atomic E-state index is 6.02. The van der Waals surface area contributed by atoms with E-state index in [-0.39, 0.29) is 0 Å². The van der Waals surface area contributed by atoms with Gasteiger partial charge in [0.25, 0.3) is 0 Å². The quantitative estimate of drug-likeness (QED) is 0.426. The van der Waals surface area contributed by atoms with Crippen LogP contribution >= 0.6 is 0 Å².